The summed E-state index contributed by atoms with van der Waals surface area (Å²) in [6.07, 6.45) is 3.13. The molecule has 24 heavy (non-hydrogen) atoms. The number of nitrogens with zero attached hydrogens (tertiary/aromatic N) is 3. The van der Waals surface area contributed by atoms with Gasteiger partial charge in [0.05, 0.1) is 6.04 Å². The van der Waals surface area contributed by atoms with Gasteiger partial charge < -0.3 is 15.1 Å². The SMILES string of the molecule is CN1CC2(CC(NC(=O)C3CCC4CN3C(=O)N4OS(=O)O)C2)C1. The smallest absolute Gasteiger partial charge is 0.346 e. The summed E-state index contributed by atoms with van der Waals surface area (Å²) < 4.78 is 24.3. The highest BCUT2D eigenvalue weighted by atomic mass is 32.2. The van der Waals surface area contributed by atoms with E-state index in [1.807, 2.05) is 0 Å². The molecule has 0 aromatic rings. The number of hydroxylamine groups is 2. The first-order valence-corrected chi connectivity index (χ1v) is 9.28. The molecule has 3 heterocycles. The van der Waals surface area contributed by atoms with Crippen molar-refractivity contribution < 1.29 is 22.6 Å². The number of hydrogen-bond donors (Lipinski definition) is 2. The molecule has 3 saturated heterocycles. The number of piperidine rings is 1. The van der Waals surface area contributed by atoms with Crippen molar-refractivity contribution in [1.29, 1.82) is 0 Å². The number of amides is 3. The Bertz CT molecular complexity index is 588. The molecule has 3 aliphatic heterocycles. The Kier molecular flexibility index (Phi) is 3.83. The highest BCUT2D eigenvalue weighted by Crippen LogP contribution is 2.47. The average molecular weight is 358 g/mol. The number of hydrogen-bond acceptors (Lipinski definition) is 5. The molecular formula is C14H22N4O5S. The van der Waals surface area contributed by atoms with Crippen LogP contribution < -0.4 is 5.32 Å². The quantitative estimate of drug-likeness (QED) is 0.659. The number of fused-ring (bicyclic) bond motifs is 2. The van der Waals surface area contributed by atoms with Crippen molar-refractivity contribution in [3.63, 3.8) is 0 Å². The van der Waals surface area contributed by atoms with Gasteiger partial charge in [-0.05, 0) is 38.1 Å². The zero-order chi connectivity index (χ0) is 17.1. The normalized spacial score (nSPS) is 33.3. The third-order valence-corrected chi connectivity index (χ3v) is 5.97. The van der Waals surface area contributed by atoms with Crippen LogP contribution in [0.15, 0.2) is 0 Å². The van der Waals surface area contributed by atoms with E-state index in [0.29, 0.717) is 24.8 Å². The molecular weight excluding hydrogens is 336 g/mol. The molecule has 4 fully saturated rings. The molecule has 0 aromatic carbocycles. The predicted octanol–water partition coefficient (Wildman–Crippen LogP) is -0.466. The molecule has 1 saturated carbocycles. The Hall–Kier alpha value is -1.23. The molecule has 0 aromatic heterocycles. The Morgan fingerprint density at radius 3 is 2.71 bits per heavy atom. The van der Waals surface area contributed by atoms with Gasteiger partial charge in [0, 0.05) is 25.7 Å². The van der Waals surface area contributed by atoms with Crippen molar-refractivity contribution >= 4 is 23.3 Å². The van der Waals surface area contributed by atoms with Crippen LogP contribution in [0.3, 0.4) is 0 Å². The second-order valence-electron chi connectivity index (χ2n) is 7.59. The fourth-order valence-electron chi connectivity index (χ4n) is 4.81. The van der Waals surface area contributed by atoms with E-state index in [1.54, 1.807) is 0 Å². The van der Waals surface area contributed by atoms with E-state index in [9.17, 15) is 13.8 Å². The topological polar surface area (TPSA) is 102 Å². The standard InChI is InChI=1S/C14H22N4O5S/c1-16-7-14(8-16)4-9(5-14)15-12(19)11-3-2-10-6-17(11)13(20)18(10)23-24(21)22/h9-11H,2-8H2,1H3,(H,15,19)(H,21,22). The van der Waals surface area contributed by atoms with E-state index in [-0.39, 0.29) is 18.0 Å². The van der Waals surface area contributed by atoms with E-state index >= 15 is 0 Å². The van der Waals surface area contributed by atoms with Crippen LogP contribution in [-0.2, 0) is 20.4 Å². The summed E-state index contributed by atoms with van der Waals surface area (Å²) in [5.74, 6) is -0.124. The van der Waals surface area contributed by atoms with Gasteiger partial charge in [0.15, 0.2) is 0 Å². The summed E-state index contributed by atoms with van der Waals surface area (Å²) in [6.45, 7) is 2.55. The first-order chi connectivity index (χ1) is 11.4. The highest BCUT2D eigenvalue weighted by Gasteiger charge is 2.53. The van der Waals surface area contributed by atoms with E-state index in [2.05, 4.69) is 21.5 Å². The van der Waals surface area contributed by atoms with E-state index in [4.69, 9.17) is 4.55 Å². The van der Waals surface area contributed by atoms with Gasteiger partial charge in [-0.15, -0.1) is 4.28 Å². The monoisotopic (exact) mass is 358 g/mol. The molecule has 4 rings (SSSR count). The highest BCUT2D eigenvalue weighted by molar-refractivity contribution is 7.74. The van der Waals surface area contributed by atoms with Crippen LogP contribution in [0, 0.1) is 5.41 Å². The molecule has 9 nitrogen and oxygen atoms in total. The lowest BCUT2D eigenvalue weighted by Crippen LogP contribution is -2.66. The maximum Gasteiger partial charge on any atom is 0.346 e. The molecule has 1 aliphatic carbocycles. The van der Waals surface area contributed by atoms with Crippen LogP contribution in [0.5, 0.6) is 0 Å². The van der Waals surface area contributed by atoms with Gasteiger partial charge in [-0.25, -0.2) is 4.79 Å². The lowest BCUT2D eigenvalue weighted by Gasteiger charge is -2.58. The minimum atomic E-state index is -2.54. The van der Waals surface area contributed by atoms with Gasteiger partial charge in [-0.1, -0.05) is 0 Å². The van der Waals surface area contributed by atoms with Crippen molar-refractivity contribution in [2.45, 2.75) is 43.8 Å². The zero-order valence-corrected chi connectivity index (χ0v) is 14.3. The molecule has 2 N–H and O–H groups in total. The molecule has 3 unspecified atom stereocenters. The third kappa shape index (κ3) is 2.61. The van der Waals surface area contributed by atoms with Gasteiger partial charge in [-0.3, -0.25) is 9.35 Å². The Balaban J connectivity index is 1.33. The summed E-state index contributed by atoms with van der Waals surface area (Å²) >= 11 is -2.54. The van der Waals surface area contributed by atoms with Crippen LogP contribution in [0.4, 0.5) is 4.79 Å². The van der Waals surface area contributed by atoms with Gasteiger partial charge >= 0.3 is 17.4 Å². The minimum absolute atomic E-state index is 0.124. The molecule has 10 heteroatoms. The molecule has 3 atom stereocenters. The first kappa shape index (κ1) is 16.2. The van der Waals surface area contributed by atoms with Crippen LogP contribution in [0.2, 0.25) is 0 Å². The number of carbonyl (C=O) groups is 2. The molecule has 134 valence electrons. The molecule has 3 amide bonds. The summed E-state index contributed by atoms with van der Waals surface area (Å²) in [5, 5.41) is 4.00. The fourth-order valence-corrected chi connectivity index (χ4v) is 5.14. The zero-order valence-electron chi connectivity index (χ0n) is 13.5. The Morgan fingerprint density at radius 1 is 1.38 bits per heavy atom. The molecule has 2 bridgehead atoms. The second-order valence-corrected chi connectivity index (χ2v) is 8.17. The molecule has 4 aliphatic rings. The minimum Gasteiger partial charge on any atom is -0.352 e. The average Bonchev–Trinajstić information content (AvgIpc) is 2.68. The Morgan fingerprint density at radius 2 is 2.08 bits per heavy atom. The predicted molar refractivity (Wildman–Crippen MR) is 83.7 cm³/mol. The number of rotatable bonds is 4. The van der Waals surface area contributed by atoms with Crippen LogP contribution in [0.1, 0.15) is 25.7 Å². The number of likely N-dealkylation sites (tertiary alicyclic amines) is 1. The fraction of sp³-hybridized carbons (Fsp3) is 0.857. The van der Waals surface area contributed by atoms with Gasteiger partial charge in [0.25, 0.3) is 0 Å². The maximum atomic E-state index is 12.6. The lowest BCUT2D eigenvalue weighted by molar-refractivity contribution is -0.131. The summed E-state index contributed by atoms with van der Waals surface area (Å²) in [6, 6.07) is -1.10. The van der Waals surface area contributed by atoms with Crippen molar-refractivity contribution in [1.82, 2.24) is 20.2 Å². The van der Waals surface area contributed by atoms with Gasteiger partial charge in [0.1, 0.15) is 6.04 Å². The molecule has 1 spiro atoms. The summed E-state index contributed by atoms with van der Waals surface area (Å²) in [5.41, 5.74) is 0.393. The van der Waals surface area contributed by atoms with E-state index < -0.39 is 23.4 Å². The second kappa shape index (κ2) is 5.65. The summed E-state index contributed by atoms with van der Waals surface area (Å²) in [4.78, 5) is 28.6. The number of nitrogens with one attached hydrogen (secondary N) is 1. The number of carbonyl (C=O) groups excluding carboxylic acids is 2. The number of urea groups is 1. The van der Waals surface area contributed by atoms with Gasteiger partial charge in [-0.2, -0.15) is 9.27 Å². The van der Waals surface area contributed by atoms with Crippen molar-refractivity contribution in [3.05, 3.63) is 0 Å². The van der Waals surface area contributed by atoms with Crippen LogP contribution in [-0.4, -0.2) is 80.4 Å². The van der Waals surface area contributed by atoms with E-state index in [0.717, 1.165) is 31.0 Å². The molecule has 0 radical (unpaired) electrons. The lowest BCUT2D eigenvalue weighted by atomic mass is 9.61. The van der Waals surface area contributed by atoms with Crippen molar-refractivity contribution in [2.75, 3.05) is 26.7 Å². The maximum absolute atomic E-state index is 12.6. The van der Waals surface area contributed by atoms with Crippen molar-refractivity contribution in [2.24, 2.45) is 5.41 Å². The Labute approximate surface area is 142 Å². The van der Waals surface area contributed by atoms with Crippen molar-refractivity contribution in [3.8, 4) is 0 Å². The van der Waals surface area contributed by atoms with E-state index in [1.165, 1.54) is 4.90 Å². The summed E-state index contributed by atoms with van der Waals surface area (Å²) in [7, 11) is 2.10. The van der Waals surface area contributed by atoms with Crippen LogP contribution >= 0.6 is 0 Å². The van der Waals surface area contributed by atoms with Crippen LogP contribution in [0.25, 0.3) is 0 Å². The first-order valence-electron chi connectivity index (χ1n) is 8.25. The van der Waals surface area contributed by atoms with Gasteiger partial charge in [0.2, 0.25) is 5.91 Å². The largest absolute Gasteiger partial charge is 0.352 e. The third-order valence-electron chi connectivity index (χ3n) is 5.69.